The summed E-state index contributed by atoms with van der Waals surface area (Å²) in [6.45, 7) is 7.83. The van der Waals surface area contributed by atoms with Crippen molar-refractivity contribution in [2.24, 2.45) is 0 Å². The highest BCUT2D eigenvalue weighted by atomic mass is 16.6. The quantitative estimate of drug-likeness (QED) is 0.0345. The Labute approximate surface area is 437 Å². The second-order valence-corrected chi connectivity index (χ2v) is 21.0. The zero-order valence-electron chi connectivity index (χ0n) is 47.3. The maximum Gasteiger partial charge on any atom is 0.306 e. The van der Waals surface area contributed by atoms with Crippen LogP contribution in [0.15, 0.2) is 48.6 Å². The second-order valence-electron chi connectivity index (χ2n) is 21.0. The molecule has 0 N–H and O–H groups in total. The van der Waals surface area contributed by atoms with E-state index in [-0.39, 0.29) is 25.2 Å². The topological polar surface area (TPSA) is 61.8 Å². The molecular formula is C65H120O5. The molecule has 0 aromatic carbocycles. The van der Waals surface area contributed by atoms with Crippen LogP contribution in [0.1, 0.15) is 329 Å². The molecule has 0 unspecified atom stereocenters. The van der Waals surface area contributed by atoms with E-state index in [1.807, 2.05) is 0 Å². The summed E-state index contributed by atoms with van der Waals surface area (Å²) in [5.74, 6) is -0.439. The standard InChI is InChI=1S/C65H120O5/c1-4-7-10-13-16-19-22-25-28-31-32-33-34-36-37-40-43-46-49-52-55-58-64(66)69-62-63(61-68-60-57-54-51-48-45-42-39-30-27-24-21-18-15-12-9-6-3)70-65(67)59-56-53-50-47-44-41-38-35-29-26-23-20-17-14-11-8-5-2/h25-26,28-29,38,41,47,50,63H,4-24,27,30-37,39-40,42-46,48-49,51-62H2,1-3H3/b28-25-,29-26-,41-38-,50-47-/t63-/m1/s1. The van der Waals surface area contributed by atoms with Gasteiger partial charge in [-0.1, -0.05) is 288 Å². The summed E-state index contributed by atoms with van der Waals surface area (Å²) < 4.78 is 17.5. The van der Waals surface area contributed by atoms with Crippen LogP contribution in [0.3, 0.4) is 0 Å². The van der Waals surface area contributed by atoms with Gasteiger partial charge in [-0.3, -0.25) is 9.59 Å². The summed E-state index contributed by atoms with van der Waals surface area (Å²) in [5, 5.41) is 0. The minimum Gasteiger partial charge on any atom is -0.462 e. The monoisotopic (exact) mass is 981 g/mol. The van der Waals surface area contributed by atoms with Gasteiger partial charge in [0, 0.05) is 19.4 Å². The molecule has 410 valence electrons. The number of allylic oxidation sites excluding steroid dienone is 8. The van der Waals surface area contributed by atoms with Crippen LogP contribution >= 0.6 is 0 Å². The van der Waals surface area contributed by atoms with Crippen molar-refractivity contribution in [3.8, 4) is 0 Å². The van der Waals surface area contributed by atoms with E-state index in [2.05, 4.69) is 69.4 Å². The molecule has 0 aliphatic carbocycles. The van der Waals surface area contributed by atoms with Gasteiger partial charge in [-0.15, -0.1) is 0 Å². The largest absolute Gasteiger partial charge is 0.462 e. The van der Waals surface area contributed by atoms with Crippen molar-refractivity contribution in [1.82, 2.24) is 0 Å². The lowest BCUT2D eigenvalue weighted by Gasteiger charge is -2.18. The second kappa shape index (κ2) is 61.2. The molecule has 0 bridgehead atoms. The van der Waals surface area contributed by atoms with Crippen molar-refractivity contribution in [2.75, 3.05) is 19.8 Å². The smallest absolute Gasteiger partial charge is 0.306 e. The fraction of sp³-hybridized carbons (Fsp3) is 0.846. The highest BCUT2D eigenvalue weighted by Crippen LogP contribution is 2.16. The van der Waals surface area contributed by atoms with E-state index in [1.54, 1.807) is 0 Å². The number of carbonyl (C=O) groups is 2. The molecule has 0 aliphatic heterocycles. The van der Waals surface area contributed by atoms with Gasteiger partial charge >= 0.3 is 11.9 Å². The Hall–Kier alpha value is -2.14. The summed E-state index contributed by atoms with van der Waals surface area (Å²) >= 11 is 0. The Kier molecular flexibility index (Phi) is 59.3. The lowest BCUT2D eigenvalue weighted by molar-refractivity contribution is -0.162. The van der Waals surface area contributed by atoms with Crippen LogP contribution < -0.4 is 0 Å². The van der Waals surface area contributed by atoms with Crippen LogP contribution in [0.25, 0.3) is 0 Å². The Bertz CT molecular complexity index is 1150. The first-order valence-corrected chi connectivity index (χ1v) is 31.2. The third-order valence-electron chi connectivity index (χ3n) is 13.8. The van der Waals surface area contributed by atoms with Crippen molar-refractivity contribution in [1.29, 1.82) is 0 Å². The van der Waals surface area contributed by atoms with Gasteiger partial charge in [0.25, 0.3) is 0 Å². The molecule has 0 aromatic heterocycles. The molecule has 0 aliphatic rings. The Morgan fingerprint density at radius 3 is 1.01 bits per heavy atom. The third-order valence-corrected chi connectivity index (χ3v) is 13.8. The molecule has 0 amide bonds. The van der Waals surface area contributed by atoms with Gasteiger partial charge in [0.05, 0.1) is 6.61 Å². The maximum atomic E-state index is 12.9. The molecule has 70 heavy (non-hydrogen) atoms. The van der Waals surface area contributed by atoms with Crippen LogP contribution in [-0.4, -0.2) is 37.9 Å². The lowest BCUT2D eigenvalue weighted by atomic mass is 10.0. The fourth-order valence-corrected chi connectivity index (χ4v) is 9.17. The van der Waals surface area contributed by atoms with Crippen LogP contribution in [0.5, 0.6) is 0 Å². The summed E-state index contributed by atoms with van der Waals surface area (Å²) in [6.07, 6.45) is 77.2. The van der Waals surface area contributed by atoms with Crippen molar-refractivity contribution in [3.63, 3.8) is 0 Å². The molecule has 0 aromatic rings. The minimum atomic E-state index is -0.561. The van der Waals surface area contributed by atoms with E-state index in [0.717, 1.165) is 51.4 Å². The van der Waals surface area contributed by atoms with Gasteiger partial charge in [-0.05, 0) is 77.0 Å². The van der Waals surface area contributed by atoms with Crippen molar-refractivity contribution >= 4 is 11.9 Å². The van der Waals surface area contributed by atoms with Crippen LogP contribution in [0, 0.1) is 0 Å². The normalized spacial score (nSPS) is 12.4. The molecule has 0 saturated carbocycles. The van der Waals surface area contributed by atoms with Gasteiger partial charge in [-0.2, -0.15) is 0 Å². The Morgan fingerprint density at radius 2 is 0.614 bits per heavy atom. The molecule has 0 saturated heterocycles. The van der Waals surface area contributed by atoms with E-state index < -0.39 is 6.10 Å². The third kappa shape index (κ3) is 58.4. The van der Waals surface area contributed by atoms with Crippen molar-refractivity contribution < 1.29 is 23.8 Å². The first-order valence-electron chi connectivity index (χ1n) is 31.2. The lowest BCUT2D eigenvalue weighted by Crippen LogP contribution is -2.30. The van der Waals surface area contributed by atoms with Gasteiger partial charge in [0.15, 0.2) is 6.10 Å². The Morgan fingerprint density at radius 1 is 0.314 bits per heavy atom. The summed E-state index contributed by atoms with van der Waals surface area (Å²) in [5.41, 5.74) is 0. The highest BCUT2D eigenvalue weighted by molar-refractivity contribution is 5.70. The molecule has 0 heterocycles. The first kappa shape index (κ1) is 67.9. The Balaban J connectivity index is 4.28. The zero-order chi connectivity index (χ0) is 50.6. The fourth-order valence-electron chi connectivity index (χ4n) is 9.17. The van der Waals surface area contributed by atoms with Gasteiger partial charge in [0.1, 0.15) is 6.61 Å². The van der Waals surface area contributed by atoms with E-state index in [1.165, 1.54) is 244 Å². The average molecular weight is 982 g/mol. The van der Waals surface area contributed by atoms with Crippen LogP contribution in [0.2, 0.25) is 0 Å². The summed E-state index contributed by atoms with van der Waals surface area (Å²) in [4.78, 5) is 25.6. The van der Waals surface area contributed by atoms with E-state index in [0.29, 0.717) is 19.4 Å². The predicted molar refractivity (Wildman–Crippen MR) is 307 cm³/mol. The molecule has 5 nitrogen and oxygen atoms in total. The number of ether oxygens (including phenoxy) is 3. The summed E-state index contributed by atoms with van der Waals surface area (Å²) in [6, 6.07) is 0. The summed E-state index contributed by atoms with van der Waals surface area (Å²) in [7, 11) is 0. The van der Waals surface area contributed by atoms with Crippen LogP contribution in [-0.2, 0) is 23.8 Å². The average Bonchev–Trinajstić information content (AvgIpc) is 3.36. The van der Waals surface area contributed by atoms with Gasteiger partial charge in [-0.25, -0.2) is 0 Å². The number of rotatable bonds is 58. The zero-order valence-corrected chi connectivity index (χ0v) is 47.3. The van der Waals surface area contributed by atoms with Gasteiger partial charge < -0.3 is 14.2 Å². The maximum absolute atomic E-state index is 12.9. The number of carbonyl (C=O) groups excluding carboxylic acids is 2. The number of hydrogen-bond acceptors (Lipinski definition) is 5. The number of esters is 2. The molecule has 1 atom stereocenters. The number of hydrogen-bond donors (Lipinski definition) is 0. The molecule has 0 fully saturated rings. The van der Waals surface area contributed by atoms with E-state index in [4.69, 9.17) is 14.2 Å². The minimum absolute atomic E-state index is 0.0694. The predicted octanol–water partition coefficient (Wildman–Crippen LogP) is 21.5. The molecular weight excluding hydrogens is 861 g/mol. The highest BCUT2D eigenvalue weighted by Gasteiger charge is 2.17. The van der Waals surface area contributed by atoms with Crippen molar-refractivity contribution in [3.05, 3.63) is 48.6 Å². The van der Waals surface area contributed by atoms with Crippen LogP contribution in [0.4, 0.5) is 0 Å². The molecule has 0 spiro atoms. The molecule has 5 heteroatoms. The molecule has 0 radical (unpaired) electrons. The SMILES string of the molecule is CCCCCCCC/C=C\C/C=C\C/C=C\CCCC(=O)O[C@H](COCCCCCCCCCCCCCCCCCC)COC(=O)CCCCCCCCCCCCC/C=C\CCCCCCCC. The van der Waals surface area contributed by atoms with Gasteiger partial charge in [0.2, 0.25) is 0 Å². The number of unbranched alkanes of at least 4 members (excludes halogenated alkanes) is 39. The van der Waals surface area contributed by atoms with Crippen molar-refractivity contribution in [2.45, 2.75) is 335 Å². The first-order chi connectivity index (χ1) is 34.6. The van der Waals surface area contributed by atoms with E-state index >= 15 is 0 Å². The van der Waals surface area contributed by atoms with E-state index in [9.17, 15) is 9.59 Å². The molecule has 0 rings (SSSR count).